The first-order valence-electron chi connectivity index (χ1n) is 12.9. The minimum Gasteiger partial charge on any atom is -0.490 e. The van der Waals surface area contributed by atoms with Gasteiger partial charge in [-0.2, -0.15) is 4.99 Å². The van der Waals surface area contributed by atoms with E-state index in [1.54, 1.807) is 0 Å². The number of aryl methyl sites for hydroxylation is 1. The SMILES string of the molecule is CCOc1cc(/C=C2\S/C(=N/c3nc(C)cs3)N(C3CCCCC3)C2=O)ccc1OCc1ccc(Cl)cc1. The second-order valence-corrected chi connectivity index (χ2v) is 11.6. The number of carbonyl (C=O) groups excluding carboxylic acids is 1. The van der Waals surface area contributed by atoms with Crippen LogP contribution < -0.4 is 9.47 Å². The summed E-state index contributed by atoms with van der Waals surface area (Å²) in [5.74, 6) is 1.30. The van der Waals surface area contributed by atoms with Crippen LogP contribution in [0.1, 0.15) is 55.8 Å². The van der Waals surface area contributed by atoms with Crippen molar-refractivity contribution in [3.63, 3.8) is 0 Å². The number of hydrogen-bond acceptors (Lipinski definition) is 7. The lowest BCUT2D eigenvalue weighted by atomic mass is 9.94. The molecule has 0 N–H and O–H groups in total. The number of carbonyl (C=O) groups is 1. The molecule has 2 heterocycles. The van der Waals surface area contributed by atoms with Gasteiger partial charge in [-0.25, -0.2) is 4.98 Å². The molecule has 6 nitrogen and oxygen atoms in total. The quantitative estimate of drug-likeness (QED) is 0.258. The summed E-state index contributed by atoms with van der Waals surface area (Å²) in [5, 5.41) is 4.07. The third kappa shape index (κ3) is 6.42. The number of halogens is 1. The molecule has 2 aliphatic rings. The number of ether oxygens (including phenoxy) is 2. The zero-order valence-electron chi connectivity index (χ0n) is 21.5. The summed E-state index contributed by atoms with van der Waals surface area (Å²) in [4.78, 5) is 25.5. The Hall–Kier alpha value is -2.81. The van der Waals surface area contributed by atoms with Gasteiger partial charge in [0.15, 0.2) is 16.7 Å². The number of amides is 1. The van der Waals surface area contributed by atoms with E-state index in [0.717, 1.165) is 47.7 Å². The molecular weight excluding hydrogens is 538 g/mol. The molecule has 2 aromatic carbocycles. The van der Waals surface area contributed by atoms with E-state index in [2.05, 4.69) is 4.98 Å². The molecule has 38 heavy (non-hydrogen) atoms. The monoisotopic (exact) mass is 567 g/mol. The highest BCUT2D eigenvalue weighted by Crippen LogP contribution is 2.39. The molecule has 5 rings (SSSR count). The summed E-state index contributed by atoms with van der Waals surface area (Å²) < 4.78 is 11.9. The maximum atomic E-state index is 13.6. The molecule has 2 fully saturated rings. The minimum atomic E-state index is 0.00922. The third-order valence-corrected chi connectivity index (χ3v) is 8.54. The lowest BCUT2D eigenvalue weighted by molar-refractivity contribution is -0.124. The second kappa shape index (κ2) is 12.4. The smallest absolute Gasteiger partial charge is 0.267 e. The molecule has 198 valence electrons. The lowest BCUT2D eigenvalue weighted by Crippen LogP contribution is -2.40. The Morgan fingerprint density at radius 1 is 1.11 bits per heavy atom. The largest absolute Gasteiger partial charge is 0.490 e. The molecule has 0 atom stereocenters. The summed E-state index contributed by atoms with van der Waals surface area (Å²) >= 11 is 8.91. The Bertz CT molecular complexity index is 1350. The Morgan fingerprint density at radius 3 is 2.61 bits per heavy atom. The van der Waals surface area contributed by atoms with Crippen molar-refractivity contribution >= 4 is 57.0 Å². The lowest BCUT2D eigenvalue weighted by Gasteiger charge is -2.30. The van der Waals surface area contributed by atoms with Crippen molar-refractivity contribution in [1.29, 1.82) is 0 Å². The van der Waals surface area contributed by atoms with Crippen molar-refractivity contribution in [3.05, 3.63) is 74.6 Å². The van der Waals surface area contributed by atoms with Crippen LogP contribution in [0.5, 0.6) is 11.5 Å². The molecule has 9 heteroatoms. The number of thioether (sulfide) groups is 1. The molecular formula is C29H30ClN3O3S2. The van der Waals surface area contributed by atoms with Crippen LogP contribution in [0, 0.1) is 6.92 Å². The Balaban J connectivity index is 1.40. The fourth-order valence-corrected chi connectivity index (χ4v) is 6.48. The molecule has 1 amide bonds. The van der Waals surface area contributed by atoms with Gasteiger partial charge in [0.05, 0.1) is 17.2 Å². The van der Waals surface area contributed by atoms with Crippen LogP contribution in [0.4, 0.5) is 5.13 Å². The predicted molar refractivity (Wildman–Crippen MR) is 157 cm³/mol. The first-order chi connectivity index (χ1) is 18.5. The molecule has 1 saturated carbocycles. The van der Waals surface area contributed by atoms with Gasteiger partial charge in [0, 0.05) is 16.4 Å². The fourth-order valence-electron chi connectivity index (χ4n) is 4.60. The maximum Gasteiger partial charge on any atom is 0.267 e. The first-order valence-corrected chi connectivity index (χ1v) is 15.0. The number of hydrogen-bond donors (Lipinski definition) is 0. The molecule has 1 aromatic heterocycles. The fraction of sp³-hybridized carbons (Fsp3) is 0.345. The maximum absolute atomic E-state index is 13.6. The zero-order chi connectivity index (χ0) is 26.5. The molecule has 0 bridgehead atoms. The van der Waals surface area contributed by atoms with Crippen LogP contribution in [-0.2, 0) is 11.4 Å². The molecule has 1 aliphatic heterocycles. The number of thiazole rings is 1. The average Bonchev–Trinajstić information content (AvgIpc) is 3.47. The summed E-state index contributed by atoms with van der Waals surface area (Å²) in [7, 11) is 0. The average molecular weight is 568 g/mol. The van der Waals surface area contributed by atoms with Gasteiger partial charge in [-0.15, -0.1) is 11.3 Å². The topological polar surface area (TPSA) is 64.0 Å². The summed E-state index contributed by atoms with van der Waals surface area (Å²) in [6.45, 7) is 4.80. The Kier molecular flexibility index (Phi) is 8.72. The Labute approximate surface area is 236 Å². The van der Waals surface area contributed by atoms with E-state index < -0.39 is 0 Å². The van der Waals surface area contributed by atoms with E-state index in [4.69, 9.17) is 26.1 Å². The van der Waals surface area contributed by atoms with Gasteiger partial charge in [-0.05, 0) is 79.9 Å². The number of nitrogens with zero attached hydrogens (tertiary/aromatic N) is 3. The van der Waals surface area contributed by atoms with Crippen molar-refractivity contribution in [2.24, 2.45) is 4.99 Å². The van der Waals surface area contributed by atoms with Crippen LogP contribution in [0.2, 0.25) is 5.02 Å². The second-order valence-electron chi connectivity index (χ2n) is 9.30. The van der Waals surface area contributed by atoms with Gasteiger partial charge in [0.25, 0.3) is 5.91 Å². The van der Waals surface area contributed by atoms with Crippen LogP contribution in [0.15, 0.2) is 57.7 Å². The van der Waals surface area contributed by atoms with Crippen LogP contribution >= 0.6 is 34.7 Å². The summed E-state index contributed by atoms with van der Waals surface area (Å²) in [5.41, 5.74) is 2.82. The van der Waals surface area contributed by atoms with Crippen molar-refractivity contribution in [3.8, 4) is 11.5 Å². The first kappa shape index (κ1) is 26.8. The van der Waals surface area contributed by atoms with E-state index in [1.807, 2.05) is 72.7 Å². The van der Waals surface area contributed by atoms with E-state index in [9.17, 15) is 4.79 Å². The number of benzene rings is 2. The van der Waals surface area contributed by atoms with Crippen LogP contribution in [0.25, 0.3) is 6.08 Å². The van der Waals surface area contributed by atoms with Gasteiger partial charge in [-0.1, -0.05) is 49.1 Å². The standard InChI is InChI=1S/C29H30ClN3O3S2/c1-3-35-25-15-21(11-14-24(25)36-17-20-9-12-22(30)13-10-20)16-26-27(34)33(23-7-5-4-6-8-23)29(38-26)32-28-31-19(2)18-37-28/h9-16,18,23H,3-8,17H2,1-2H3/b26-16-,32-29+. The minimum absolute atomic E-state index is 0.00922. The van der Waals surface area contributed by atoms with Gasteiger partial charge in [0.2, 0.25) is 5.13 Å². The van der Waals surface area contributed by atoms with Gasteiger partial charge in [-0.3, -0.25) is 9.69 Å². The zero-order valence-corrected chi connectivity index (χ0v) is 23.9. The third-order valence-electron chi connectivity index (χ3n) is 6.45. The van der Waals surface area contributed by atoms with E-state index in [1.165, 1.54) is 29.5 Å². The summed E-state index contributed by atoms with van der Waals surface area (Å²) in [6, 6.07) is 13.5. The number of aliphatic imine (C=N–C) groups is 1. The molecule has 3 aromatic rings. The van der Waals surface area contributed by atoms with Crippen molar-refractivity contribution < 1.29 is 14.3 Å². The highest BCUT2D eigenvalue weighted by atomic mass is 35.5. The van der Waals surface area contributed by atoms with E-state index in [0.29, 0.717) is 39.8 Å². The molecule has 1 aliphatic carbocycles. The number of rotatable bonds is 8. The number of amidine groups is 1. The van der Waals surface area contributed by atoms with Crippen molar-refractivity contribution in [2.45, 2.75) is 58.6 Å². The van der Waals surface area contributed by atoms with Crippen LogP contribution in [-0.4, -0.2) is 33.6 Å². The van der Waals surface area contributed by atoms with Gasteiger partial charge < -0.3 is 9.47 Å². The normalized spacial score (nSPS) is 18.5. The molecule has 0 unspecified atom stereocenters. The van der Waals surface area contributed by atoms with Crippen molar-refractivity contribution in [2.75, 3.05) is 6.61 Å². The predicted octanol–water partition coefficient (Wildman–Crippen LogP) is 8.02. The van der Waals surface area contributed by atoms with Gasteiger partial charge >= 0.3 is 0 Å². The highest BCUT2D eigenvalue weighted by Gasteiger charge is 2.38. The van der Waals surface area contributed by atoms with Gasteiger partial charge in [0.1, 0.15) is 6.61 Å². The molecule has 1 saturated heterocycles. The van der Waals surface area contributed by atoms with E-state index >= 15 is 0 Å². The van der Waals surface area contributed by atoms with Crippen molar-refractivity contribution in [1.82, 2.24) is 9.88 Å². The highest BCUT2D eigenvalue weighted by molar-refractivity contribution is 8.18. The molecule has 0 spiro atoms. The van der Waals surface area contributed by atoms with Crippen LogP contribution in [0.3, 0.4) is 0 Å². The molecule has 0 radical (unpaired) electrons. The number of aromatic nitrogens is 1. The van der Waals surface area contributed by atoms with E-state index in [-0.39, 0.29) is 11.9 Å². The Morgan fingerprint density at radius 2 is 1.89 bits per heavy atom. The summed E-state index contributed by atoms with van der Waals surface area (Å²) in [6.07, 6.45) is 7.42.